The maximum Gasteiger partial charge on any atom is 0.159 e. The summed E-state index contributed by atoms with van der Waals surface area (Å²) in [5, 5.41) is 8.49. The number of hydrogen-bond donors (Lipinski definition) is 0. The lowest BCUT2D eigenvalue weighted by Crippen LogP contribution is -1.95. The van der Waals surface area contributed by atoms with Crippen molar-refractivity contribution in [3.8, 4) is 22.8 Å². The molecular weight excluding hydrogens is 703 g/mol. The van der Waals surface area contributed by atoms with E-state index in [1.807, 2.05) is 53.9 Å². The lowest BCUT2D eigenvalue weighted by Gasteiger charge is -2.10. The fourth-order valence-electron chi connectivity index (χ4n) is 8.44. The number of aromatic nitrogens is 4. The summed E-state index contributed by atoms with van der Waals surface area (Å²) in [7, 11) is 0. The highest BCUT2D eigenvalue weighted by Crippen LogP contribution is 2.44. The maximum absolute atomic E-state index is 4.92. The zero-order chi connectivity index (χ0) is 37.3. The van der Waals surface area contributed by atoms with Crippen LogP contribution < -0.4 is 0 Å². The first-order valence-electron chi connectivity index (χ1n) is 18.7. The molecule has 4 aromatic heterocycles. The number of thiophene rings is 1. The third-order valence-corrected chi connectivity index (χ3v) is 12.1. The zero-order valence-corrected chi connectivity index (χ0v) is 31.3. The van der Waals surface area contributed by atoms with E-state index >= 15 is 0 Å². The Bertz CT molecular complexity index is 3440. The van der Waals surface area contributed by atoms with Crippen LogP contribution in [0.3, 0.4) is 0 Å². The molecule has 0 N–H and O–H groups in total. The molecule has 0 aliphatic heterocycles. The second-order valence-corrected chi connectivity index (χ2v) is 15.2. The number of para-hydroxylation sites is 2. The third kappa shape index (κ3) is 4.96. The number of hydrogen-bond acceptors (Lipinski definition) is 4. The summed E-state index contributed by atoms with van der Waals surface area (Å²) < 4.78 is 7.33. The van der Waals surface area contributed by atoms with Gasteiger partial charge in [0.25, 0.3) is 0 Å². The smallest absolute Gasteiger partial charge is 0.159 e. The van der Waals surface area contributed by atoms with Gasteiger partial charge in [-0.2, -0.15) is 0 Å². The molecular formula is C50H33N5S. The monoisotopic (exact) mass is 735 g/mol. The van der Waals surface area contributed by atoms with E-state index in [0.29, 0.717) is 0 Å². The first-order chi connectivity index (χ1) is 27.7. The summed E-state index contributed by atoms with van der Waals surface area (Å²) in [4.78, 5) is 13.6. The molecule has 0 saturated heterocycles. The van der Waals surface area contributed by atoms with Crippen molar-refractivity contribution in [1.82, 2.24) is 19.1 Å². The van der Waals surface area contributed by atoms with Crippen molar-refractivity contribution in [2.24, 2.45) is 4.99 Å². The van der Waals surface area contributed by atoms with Crippen LogP contribution >= 0.6 is 11.3 Å². The molecule has 6 heteroatoms. The van der Waals surface area contributed by atoms with E-state index in [9.17, 15) is 0 Å². The minimum atomic E-state index is 0.734. The summed E-state index contributed by atoms with van der Waals surface area (Å²) >= 11 is 1.86. The van der Waals surface area contributed by atoms with Crippen LogP contribution in [-0.4, -0.2) is 25.8 Å². The van der Waals surface area contributed by atoms with Gasteiger partial charge in [0.2, 0.25) is 0 Å². The number of allylic oxidation sites excluding steroid dienone is 3. The van der Waals surface area contributed by atoms with Crippen LogP contribution in [0.4, 0.5) is 0 Å². The molecule has 0 saturated carbocycles. The van der Waals surface area contributed by atoms with Crippen molar-refractivity contribution in [3.63, 3.8) is 0 Å². The van der Waals surface area contributed by atoms with Crippen molar-refractivity contribution in [2.45, 2.75) is 6.92 Å². The first-order valence-corrected chi connectivity index (χ1v) is 19.5. The van der Waals surface area contributed by atoms with E-state index in [2.05, 4.69) is 149 Å². The molecule has 0 aliphatic rings. The maximum atomic E-state index is 4.92. The van der Waals surface area contributed by atoms with Crippen molar-refractivity contribution in [3.05, 3.63) is 176 Å². The predicted molar refractivity (Wildman–Crippen MR) is 239 cm³/mol. The number of nitrogens with zero attached hydrogens (tertiary/aromatic N) is 5. The minimum absolute atomic E-state index is 0.734. The van der Waals surface area contributed by atoms with Crippen LogP contribution in [0, 0.1) is 0 Å². The second kappa shape index (κ2) is 12.7. The number of benzene rings is 7. The Kier molecular flexibility index (Phi) is 7.34. The highest BCUT2D eigenvalue weighted by Gasteiger charge is 2.19. The molecule has 4 heterocycles. The van der Waals surface area contributed by atoms with Crippen LogP contribution in [0.1, 0.15) is 12.5 Å². The van der Waals surface area contributed by atoms with Gasteiger partial charge in [0, 0.05) is 76.4 Å². The Morgan fingerprint density at radius 3 is 2.00 bits per heavy atom. The largest absolute Gasteiger partial charge is 0.309 e. The van der Waals surface area contributed by atoms with Gasteiger partial charge in [0.05, 0.1) is 27.6 Å². The van der Waals surface area contributed by atoms with Gasteiger partial charge >= 0.3 is 0 Å². The van der Waals surface area contributed by atoms with E-state index in [-0.39, 0.29) is 0 Å². The van der Waals surface area contributed by atoms with Gasteiger partial charge < -0.3 is 9.13 Å². The lowest BCUT2D eigenvalue weighted by molar-refractivity contribution is 1.18. The van der Waals surface area contributed by atoms with Crippen LogP contribution in [0.2, 0.25) is 0 Å². The molecule has 0 radical (unpaired) electrons. The number of rotatable bonds is 6. The molecule has 56 heavy (non-hydrogen) atoms. The summed E-state index contributed by atoms with van der Waals surface area (Å²) in [5.74, 6) is 0.734. The van der Waals surface area contributed by atoms with Gasteiger partial charge in [0.1, 0.15) is 0 Å². The predicted octanol–water partition coefficient (Wildman–Crippen LogP) is 13.5. The third-order valence-electron chi connectivity index (χ3n) is 11.0. The second-order valence-electron chi connectivity index (χ2n) is 14.1. The van der Waals surface area contributed by atoms with Crippen molar-refractivity contribution >= 4 is 98.3 Å². The van der Waals surface area contributed by atoms with E-state index in [4.69, 9.17) is 9.97 Å². The zero-order valence-electron chi connectivity index (χ0n) is 30.5. The standard InChI is InChI=1S/C50H33N5S/c1-3-31(22-23-51-2)33-18-20-38-40-27-42-41-26-39-37-16-10-11-17-44(37)55(36-19-21-43-34(24-36)30-52-50(53-43)32-12-6-4-7-13-32)47(39)29-49(41)56-48(42)28-46(40)54(45(38)25-33)35-14-8-5-9-15-35/h3-30H,2H2,1H3/b23-22-,31-3+. The first kappa shape index (κ1) is 32.3. The number of fused-ring (bicyclic) bond motifs is 10. The molecule has 0 fully saturated rings. The average molecular weight is 736 g/mol. The van der Waals surface area contributed by atoms with Crippen molar-refractivity contribution in [2.75, 3.05) is 0 Å². The quantitative estimate of drug-likeness (QED) is 0.126. The molecule has 0 amide bonds. The van der Waals surface area contributed by atoms with Crippen molar-refractivity contribution < 1.29 is 0 Å². The average Bonchev–Trinajstić information content (AvgIpc) is 3.88. The molecule has 0 bridgehead atoms. The topological polar surface area (TPSA) is 48.0 Å². The molecule has 264 valence electrons. The molecule has 0 atom stereocenters. The summed E-state index contributed by atoms with van der Waals surface area (Å²) in [6.07, 6.45) is 7.83. The Hall–Kier alpha value is -7.15. The SMILES string of the molecule is C=N/C=C\C(=C/C)c1ccc2c3cc4c(cc3n(-c3ccccc3)c2c1)sc1cc2c(cc14)c1ccccc1n2-c1ccc2nc(-c3ccccc3)ncc2c1. The van der Waals surface area contributed by atoms with E-state index in [1.165, 1.54) is 63.8 Å². The normalized spacial score (nSPS) is 12.5. The molecule has 0 spiro atoms. The van der Waals surface area contributed by atoms with Gasteiger partial charge in [-0.3, -0.25) is 4.99 Å². The molecule has 7 aromatic carbocycles. The Labute approximate surface area is 326 Å². The Balaban J connectivity index is 1.12. The van der Waals surface area contributed by atoms with E-state index in [0.717, 1.165) is 44.8 Å². The highest BCUT2D eigenvalue weighted by atomic mass is 32.1. The summed E-state index contributed by atoms with van der Waals surface area (Å²) in [5.41, 5.74) is 11.1. The van der Waals surface area contributed by atoms with Gasteiger partial charge in [-0.05, 0) is 97.6 Å². The fourth-order valence-corrected chi connectivity index (χ4v) is 9.58. The molecule has 0 aliphatic carbocycles. The molecule has 11 rings (SSSR count). The van der Waals surface area contributed by atoms with Crippen LogP contribution in [-0.2, 0) is 0 Å². The van der Waals surface area contributed by atoms with Gasteiger partial charge in [-0.15, -0.1) is 11.3 Å². The van der Waals surface area contributed by atoms with Gasteiger partial charge in [-0.1, -0.05) is 84.9 Å². The minimum Gasteiger partial charge on any atom is -0.309 e. The van der Waals surface area contributed by atoms with Crippen LogP contribution in [0.25, 0.3) is 103 Å². The molecule has 11 aromatic rings. The lowest BCUT2D eigenvalue weighted by atomic mass is 10.0. The van der Waals surface area contributed by atoms with E-state index < -0.39 is 0 Å². The number of aliphatic imine (C=N–C) groups is 1. The Morgan fingerprint density at radius 2 is 1.27 bits per heavy atom. The van der Waals surface area contributed by atoms with Crippen molar-refractivity contribution in [1.29, 1.82) is 0 Å². The van der Waals surface area contributed by atoms with Gasteiger partial charge in [0.15, 0.2) is 5.82 Å². The fraction of sp³-hybridized carbons (Fsp3) is 0.0200. The molecule has 0 unspecified atom stereocenters. The highest BCUT2D eigenvalue weighted by molar-refractivity contribution is 7.26. The summed E-state index contributed by atoms with van der Waals surface area (Å²) in [6, 6.07) is 52.5. The summed E-state index contributed by atoms with van der Waals surface area (Å²) in [6.45, 7) is 5.69. The van der Waals surface area contributed by atoms with Crippen LogP contribution in [0.15, 0.2) is 175 Å². The van der Waals surface area contributed by atoms with Crippen LogP contribution in [0.5, 0.6) is 0 Å². The van der Waals surface area contributed by atoms with Gasteiger partial charge in [-0.25, -0.2) is 9.97 Å². The molecule has 5 nitrogen and oxygen atoms in total. The van der Waals surface area contributed by atoms with E-state index in [1.54, 1.807) is 6.20 Å². The Morgan fingerprint density at radius 1 is 0.607 bits per heavy atom.